The molecule has 0 atom stereocenters. The van der Waals surface area contributed by atoms with E-state index < -0.39 is 0 Å². The zero-order chi connectivity index (χ0) is 10.1. The summed E-state index contributed by atoms with van der Waals surface area (Å²) < 4.78 is 1.90. The van der Waals surface area contributed by atoms with Crippen molar-refractivity contribution in [1.82, 2.24) is 14.3 Å². The van der Waals surface area contributed by atoms with Gasteiger partial charge >= 0.3 is 0 Å². The smallest absolute Gasteiger partial charge is 0.138 e. The number of hydrogen-bond acceptors (Lipinski definition) is 3. The van der Waals surface area contributed by atoms with E-state index in [1.54, 1.807) is 0 Å². The molecule has 14 heavy (non-hydrogen) atoms. The molecular weight excluding hydrogens is 176 g/mol. The Balaban J connectivity index is 2.46. The molecule has 2 aromatic rings. The normalized spacial score (nSPS) is 11.4. The van der Waals surface area contributed by atoms with Crippen molar-refractivity contribution in [3.8, 4) is 0 Å². The van der Waals surface area contributed by atoms with E-state index >= 15 is 0 Å². The van der Waals surface area contributed by atoms with Crippen molar-refractivity contribution in [1.29, 1.82) is 0 Å². The Morgan fingerprint density at radius 1 is 1.43 bits per heavy atom. The summed E-state index contributed by atoms with van der Waals surface area (Å²) in [4.78, 5) is 6.54. The van der Waals surface area contributed by atoms with Crippen molar-refractivity contribution in [3.63, 3.8) is 0 Å². The lowest BCUT2D eigenvalue weighted by molar-refractivity contribution is 0.398. The molecule has 0 spiro atoms. The van der Waals surface area contributed by atoms with Gasteiger partial charge in [0.05, 0.1) is 5.69 Å². The fraction of sp³-hybridized carbons (Fsp3) is 0.300. The SMILES string of the molecule is CN(C)Cc1cn2c(N)cccc2n1. The Labute approximate surface area is 83.0 Å². The standard InChI is InChI=1S/C10H14N4/c1-13(2)6-8-7-14-9(11)4-3-5-10(14)12-8/h3-5,7H,6,11H2,1-2H3. The number of aromatic nitrogens is 2. The summed E-state index contributed by atoms with van der Waals surface area (Å²) in [5.74, 6) is 0.722. The first-order valence-electron chi connectivity index (χ1n) is 4.54. The van der Waals surface area contributed by atoms with Gasteiger partial charge in [-0.3, -0.25) is 4.40 Å². The zero-order valence-electron chi connectivity index (χ0n) is 8.44. The van der Waals surface area contributed by atoms with Gasteiger partial charge in [-0.2, -0.15) is 0 Å². The molecule has 0 aliphatic carbocycles. The highest BCUT2D eigenvalue weighted by Gasteiger charge is 2.03. The van der Waals surface area contributed by atoms with Crippen LogP contribution in [0.5, 0.6) is 0 Å². The van der Waals surface area contributed by atoms with E-state index in [-0.39, 0.29) is 0 Å². The lowest BCUT2D eigenvalue weighted by Crippen LogP contribution is -2.10. The van der Waals surface area contributed by atoms with Crippen LogP contribution in [0.25, 0.3) is 5.65 Å². The highest BCUT2D eigenvalue weighted by Crippen LogP contribution is 2.10. The first-order valence-corrected chi connectivity index (χ1v) is 4.54. The van der Waals surface area contributed by atoms with Crippen LogP contribution in [0.15, 0.2) is 24.4 Å². The van der Waals surface area contributed by atoms with Crippen LogP contribution in [-0.2, 0) is 6.54 Å². The minimum absolute atomic E-state index is 0.722. The van der Waals surface area contributed by atoms with E-state index in [9.17, 15) is 0 Å². The number of anilines is 1. The second-order valence-corrected chi connectivity index (χ2v) is 3.65. The van der Waals surface area contributed by atoms with Crippen molar-refractivity contribution < 1.29 is 0 Å². The van der Waals surface area contributed by atoms with Crippen LogP contribution in [0.4, 0.5) is 5.82 Å². The van der Waals surface area contributed by atoms with Gasteiger partial charge in [-0.25, -0.2) is 4.98 Å². The number of imidazole rings is 1. The summed E-state index contributed by atoms with van der Waals surface area (Å²) in [7, 11) is 4.04. The van der Waals surface area contributed by atoms with Crippen molar-refractivity contribution in [2.75, 3.05) is 19.8 Å². The molecular formula is C10H14N4. The minimum Gasteiger partial charge on any atom is -0.385 e. The maximum absolute atomic E-state index is 5.81. The van der Waals surface area contributed by atoms with Crippen LogP contribution in [-0.4, -0.2) is 28.4 Å². The van der Waals surface area contributed by atoms with E-state index in [4.69, 9.17) is 5.73 Å². The predicted molar refractivity (Wildman–Crippen MR) is 57.0 cm³/mol. The predicted octanol–water partition coefficient (Wildman–Crippen LogP) is 0.978. The van der Waals surface area contributed by atoms with E-state index in [1.807, 2.05) is 42.9 Å². The van der Waals surface area contributed by atoms with Crippen molar-refractivity contribution in [2.45, 2.75) is 6.54 Å². The largest absolute Gasteiger partial charge is 0.385 e. The van der Waals surface area contributed by atoms with E-state index in [0.717, 1.165) is 23.7 Å². The minimum atomic E-state index is 0.722. The van der Waals surface area contributed by atoms with Gasteiger partial charge in [0.15, 0.2) is 0 Å². The lowest BCUT2D eigenvalue weighted by Gasteiger charge is -2.04. The Bertz CT molecular complexity index is 444. The van der Waals surface area contributed by atoms with Crippen LogP contribution < -0.4 is 5.73 Å². The number of nitrogens with zero attached hydrogens (tertiary/aromatic N) is 3. The summed E-state index contributed by atoms with van der Waals surface area (Å²) in [6.07, 6.45) is 1.98. The molecule has 4 nitrogen and oxygen atoms in total. The number of hydrogen-bond donors (Lipinski definition) is 1. The third kappa shape index (κ3) is 1.56. The highest BCUT2D eigenvalue weighted by atomic mass is 15.1. The molecule has 74 valence electrons. The number of pyridine rings is 1. The third-order valence-electron chi connectivity index (χ3n) is 2.05. The topological polar surface area (TPSA) is 46.6 Å². The van der Waals surface area contributed by atoms with Crippen molar-refractivity contribution in [2.24, 2.45) is 0 Å². The van der Waals surface area contributed by atoms with Gasteiger partial charge in [0.25, 0.3) is 0 Å². The molecule has 2 rings (SSSR count). The maximum Gasteiger partial charge on any atom is 0.138 e. The number of fused-ring (bicyclic) bond motifs is 1. The Morgan fingerprint density at radius 3 is 2.86 bits per heavy atom. The molecule has 2 aromatic heterocycles. The summed E-state index contributed by atoms with van der Waals surface area (Å²) in [5.41, 5.74) is 7.75. The Kier molecular flexibility index (Phi) is 2.13. The summed E-state index contributed by atoms with van der Waals surface area (Å²) in [6.45, 7) is 0.834. The number of nitrogen functional groups attached to an aromatic ring is 1. The molecule has 0 bridgehead atoms. The van der Waals surface area contributed by atoms with E-state index in [0.29, 0.717) is 0 Å². The fourth-order valence-corrected chi connectivity index (χ4v) is 1.48. The number of nitrogens with two attached hydrogens (primary N) is 1. The first-order chi connectivity index (χ1) is 6.66. The van der Waals surface area contributed by atoms with Crippen LogP contribution in [0.1, 0.15) is 5.69 Å². The van der Waals surface area contributed by atoms with Crippen LogP contribution in [0, 0.1) is 0 Å². The molecule has 0 aliphatic heterocycles. The molecule has 0 aromatic carbocycles. The van der Waals surface area contributed by atoms with Gasteiger partial charge < -0.3 is 10.6 Å². The second kappa shape index (κ2) is 3.31. The Morgan fingerprint density at radius 2 is 2.21 bits per heavy atom. The van der Waals surface area contributed by atoms with Crippen molar-refractivity contribution in [3.05, 3.63) is 30.1 Å². The van der Waals surface area contributed by atoms with Crippen LogP contribution in [0.2, 0.25) is 0 Å². The van der Waals surface area contributed by atoms with Crippen LogP contribution >= 0.6 is 0 Å². The van der Waals surface area contributed by atoms with Gasteiger partial charge in [-0.05, 0) is 26.2 Å². The highest BCUT2D eigenvalue weighted by molar-refractivity contribution is 5.48. The molecule has 0 aliphatic rings. The summed E-state index contributed by atoms with van der Waals surface area (Å²) in [5, 5.41) is 0. The molecule has 4 heteroatoms. The quantitative estimate of drug-likeness (QED) is 0.767. The molecule has 0 amide bonds. The lowest BCUT2D eigenvalue weighted by atomic mass is 10.4. The molecule has 0 fully saturated rings. The van der Waals surface area contributed by atoms with Gasteiger partial charge in [0, 0.05) is 12.7 Å². The van der Waals surface area contributed by atoms with Gasteiger partial charge in [0.2, 0.25) is 0 Å². The van der Waals surface area contributed by atoms with E-state index in [1.165, 1.54) is 0 Å². The second-order valence-electron chi connectivity index (χ2n) is 3.65. The van der Waals surface area contributed by atoms with E-state index in [2.05, 4.69) is 9.88 Å². The molecule has 0 saturated carbocycles. The molecule has 0 radical (unpaired) electrons. The van der Waals surface area contributed by atoms with Gasteiger partial charge in [-0.1, -0.05) is 6.07 Å². The van der Waals surface area contributed by atoms with Crippen molar-refractivity contribution >= 4 is 11.5 Å². The summed E-state index contributed by atoms with van der Waals surface area (Å²) >= 11 is 0. The van der Waals surface area contributed by atoms with Crippen LogP contribution in [0.3, 0.4) is 0 Å². The average molecular weight is 190 g/mol. The Hall–Kier alpha value is -1.55. The third-order valence-corrected chi connectivity index (χ3v) is 2.05. The zero-order valence-corrected chi connectivity index (χ0v) is 8.44. The molecule has 2 N–H and O–H groups in total. The first kappa shape index (κ1) is 9.02. The fourth-order valence-electron chi connectivity index (χ4n) is 1.48. The molecule has 0 unspecified atom stereocenters. The molecule has 2 heterocycles. The summed E-state index contributed by atoms with van der Waals surface area (Å²) in [6, 6.07) is 5.74. The monoisotopic (exact) mass is 190 g/mol. The van der Waals surface area contributed by atoms with Gasteiger partial charge in [0.1, 0.15) is 11.5 Å². The number of rotatable bonds is 2. The maximum atomic E-state index is 5.81. The average Bonchev–Trinajstić information content (AvgIpc) is 2.47. The molecule has 0 saturated heterocycles. The van der Waals surface area contributed by atoms with Gasteiger partial charge in [-0.15, -0.1) is 0 Å².